The fraction of sp³-hybridized carbons (Fsp3) is 0.0952. The predicted octanol–water partition coefficient (Wildman–Crippen LogP) is 11.5. The largest absolute Gasteiger partial charge is 0.456 e. The molecule has 0 radical (unpaired) electrons. The molecule has 0 bridgehead atoms. The average molecular weight is 565 g/mol. The van der Waals surface area contributed by atoms with Crippen LogP contribution in [0.15, 0.2) is 136 Å². The summed E-state index contributed by atoms with van der Waals surface area (Å²) in [5.74, 6) is 1.48. The van der Waals surface area contributed by atoms with Gasteiger partial charge >= 0.3 is 0 Å². The minimum absolute atomic E-state index is 0.200. The van der Waals surface area contributed by atoms with Gasteiger partial charge in [-0.2, -0.15) is 0 Å². The van der Waals surface area contributed by atoms with Crippen molar-refractivity contribution in [3.05, 3.63) is 155 Å². The van der Waals surface area contributed by atoms with Crippen molar-refractivity contribution in [3.8, 4) is 22.3 Å². The molecule has 2 heteroatoms. The van der Waals surface area contributed by atoms with Gasteiger partial charge in [0.15, 0.2) is 0 Å². The molecule has 0 spiro atoms. The maximum atomic E-state index is 6.50. The molecule has 2 heterocycles. The van der Waals surface area contributed by atoms with Crippen LogP contribution in [0.3, 0.4) is 0 Å². The van der Waals surface area contributed by atoms with Gasteiger partial charge in [0.2, 0.25) is 0 Å². The molecule has 2 aromatic heterocycles. The summed E-state index contributed by atoms with van der Waals surface area (Å²) in [6.07, 6.45) is 13.6. The number of hydrogen-bond donors (Lipinski definition) is 0. The Morgan fingerprint density at radius 3 is 2.32 bits per heavy atom. The van der Waals surface area contributed by atoms with Gasteiger partial charge in [-0.05, 0) is 64.4 Å². The van der Waals surface area contributed by atoms with Crippen LogP contribution in [0.2, 0.25) is 0 Å². The molecule has 44 heavy (non-hydrogen) atoms. The first-order valence-corrected chi connectivity index (χ1v) is 15.6. The summed E-state index contributed by atoms with van der Waals surface area (Å²) in [7, 11) is 0. The van der Waals surface area contributed by atoms with Crippen molar-refractivity contribution in [2.75, 3.05) is 0 Å². The minimum Gasteiger partial charge on any atom is -0.456 e. The SMILES string of the molecule is C1=Cc2oc3c(-c4ccc5c(c4)C4C=C(c6cccc7c6oc6ccccc67)C=CC4c4ccccc4-5)cccc3c2CC1. The molecule has 7 aromatic rings. The van der Waals surface area contributed by atoms with Crippen LogP contribution in [0, 0.1) is 0 Å². The van der Waals surface area contributed by atoms with Crippen LogP contribution in [0.25, 0.3) is 66.8 Å². The lowest BCUT2D eigenvalue weighted by atomic mass is 9.68. The number of furan rings is 2. The minimum atomic E-state index is 0.200. The van der Waals surface area contributed by atoms with E-state index in [-0.39, 0.29) is 11.8 Å². The Balaban J connectivity index is 1.17. The molecule has 0 saturated heterocycles. The number of allylic oxidation sites excluding steroid dienone is 5. The maximum absolute atomic E-state index is 6.50. The summed E-state index contributed by atoms with van der Waals surface area (Å²) in [6.45, 7) is 0. The molecule has 0 amide bonds. The van der Waals surface area contributed by atoms with Crippen LogP contribution in [0.4, 0.5) is 0 Å². The van der Waals surface area contributed by atoms with E-state index in [4.69, 9.17) is 8.83 Å². The highest BCUT2D eigenvalue weighted by Crippen LogP contribution is 2.52. The van der Waals surface area contributed by atoms with E-state index in [2.05, 4.69) is 127 Å². The van der Waals surface area contributed by atoms with E-state index in [0.29, 0.717) is 0 Å². The summed E-state index contributed by atoms with van der Waals surface area (Å²) in [4.78, 5) is 0. The van der Waals surface area contributed by atoms with E-state index >= 15 is 0 Å². The third-order valence-electron chi connectivity index (χ3n) is 9.96. The van der Waals surface area contributed by atoms with E-state index in [0.717, 1.165) is 57.3 Å². The highest BCUT2D eigenvalue weighted by Gasteiger charge is 2.34. The Labute approximate surface area is 255 Å². The molecular weight excluding hydrogens is 536 g/mol. The van der Waals surface area contributed by atoms with E-state index in [1.54, 1.807) is 0 Å². The van der Waals surface area contributed by atoms with Gasteiger partial charge in [-0.15, -0.1) is 0 Å². The van der Waals surface area contributed by atoms with Crippen molar-refractivity contribution in [2.45, 2.75) is 24.7 Å². The van der Waals surface area contributed by atoms with Crippen molar-refractivity contribution < 1.29 is 8.83 Å². The third-order valence-corrected chi connectivity index (χ3v) is 9.96. The van der Waals surface area contributed by atoms with Crippen LogP contribution in [-0.2, 0) is 6.42 Å². The highest BCUT2D eigenvalue weighted by atomic mass is 16.3. The van der Waals surface area contributed by atoms with E-state index in [1.807, 2.05) is 6.07 Å². The number of rotatable bonds is 2. The lowest BCUT2D eigenvalue weighted by molar-refractivity contribution is 0.596. The normalized spacial score (nSPS) is 18.2. The van der Waals surface area contributed by atoms with Crippen LogP contribution in [0.5, 0.6) is 0 Å². The van der Waals surface area contributed by atoms with Crippen LogP contribution >= 0.6 is 0 Å². The van der Waals surface area contributed by atoms with Gasteiger partial charge in [0, 0.05) is 44.7 Å². The Morgan fingerprint density at radius 1 is 0.568 bits per heavy atom. The second-order valence-electron chi connectivity index (χ2n) is 12.3. The Morgan fingerprint density at radius 2 is 1.34 bits per heavy atom. The first kappa shape index (κ1) is 24.1. The number of aryl methyl sites for hydroxylation is 1. The summed E-state index contributed by atoms with van der Waals surface area (Å²) < 4.78 is 13.0. The second kappa shape index (κ2) is 9.08. The topological polar surface area (TPSA) is 26.3 Å². The molecule has 2 atom stereocenters. The molecule has 208 valence electrons. The maximum Gasteiger partial charge on any atom is 0.143 e. The standard InChI is InChI=1S/C42H28O2/c1-2-10-30-29(9-1)31-21-19-25(27-13-7-15-35-33-11-3-5-17-39(33)43-41(27)35)23-37(31)38-24-26(20-22-32(30)38)28-14-8-16-36-34-12-4-6-18-40(34)44-42(28)36/h1-3,5-11,13-24,31,37H,4,12H2. The van der Waals surface area contributed by atoms with Crippen molar-refractivity contribution >= 4 is 44.6 Å². The quantitative estimate of drug-likeness (QED) is 0.209. The monoisotopic (exact) mass is 564 g/mol. The lowest BCUT2D eigenvalue weighted by Gasteiger charge is -2.35. The molecule has 2 unspecified atom stereocenters. The molecule has 0 N–H and O–H groups in total. The zero-order valence-electron chi connectivity index (χ0n) is 24.1. The van der Waals surface area contributed by atoms with Crippen molar-refractivity contribution in [3.63, 3.8) is 0 Å². The Bertz CT molecular complexity index is 2410. The van der Waals surface area contributed by atoms with E-state index in [1.165, 1.54) is 44.3 Å². The van der Waals surface area contributed by atoms with Crippen LogP contribution < -0.4 is 0 Å². The molecule has 0 fully saturated rings. The van der Waals surface area contributed by atoms with Crippen molar-refractivity contribution in [1.29, 1.82) is 0 Å². The molecular formula is C42H28O2. The molecule has 10 rings (SSSR count). The zero-order chi connectivity index (χ0) is 28.8. The first-order valence-electron chi connectivity index (χ1n) is 15.6. The fourth-order valence-corrected chi connectivity index (χ4v) is 7.93. The van der Waals surface area contributed by atoms with Crippen molar-refractivity contribution in [2.24, 2.45) is 0 Å². The van der Waals surface area contributed by atoms with Gasteiger partial charge < -0.3 is 8.83 Å². The molecule has 2 nitrogen and oxygen atoms in total. The number of benzene rings is 5. The molecule has 5 aromatic carbocycles. The molecule has 0 saturated carbocycles. The predicted molar refractivity (Wildman–Crippen MR) is 181 cm³/mol. The summed E-state index contributed by atoms with van der Waals surface area (Å²) in [5.41, 5.74) is 14.3. The third kappa shape index (κ3) is 3.37. The first-order chi connectivity index (χ1) is 21.8. The van der Waals surface area contributed by atoms with Gasteiger partial charge in [0.05, 0.1) is 0 Å². The smallest absolute Gasteiger partial charge is 0.143 e. The Kier molecular flexibility index (Phi) is 4.98. The van der Waals surface area contributed by atoms with Crippen LogP contribution in [-0.4, -0.2) is 0 Å². The summed E-state index contributed by atoms with van der Waals surface area (Å²) >= 11 is 0. The lowest BCUT2D eigenvalue weighted by Crippen LogP contribution is -2.17. The van der Waals surface area contributed by atoms with E-state index in [9.17, 15) is 0 Å². The fourth-order valence-electron chi connectivity index (χ4n) is 7.93. The number of fused-ring (bicyclic) bond motifs is 12. The number of hydrogen-bond acceptors (Lipinski definition) is 2. The van der Waals surface area contributed by atoms with Gasteiger partial charge in [-0.25, -0.2) is 0 Å². The van der Waals surface area contributed by atoms with Crippen molar-refractivity contribution in [1.82, 2.24) is 0 Å². The molecule has 0 aliphatic heterocycles. The van der Waals surface area contributed by atoms with Crippen LogP contribution in [0.1, 0.15) is 46.3 Å². The van der Waals surface area contributed by atoms with Gasteiger partial charge in [0.25, 0.3) is 0 Å². The summed E-state index contributed by atoms with van der Waals surface area (Å²) in [5, 5.41) is 3.56. The molecule has 3 aliphatic rings. The van der Waals surface area contributed by atoms with Gasteiger partial charge in [-0.1, -0.05) is 115 Å². The highest BCUT2D eigenvalue weighted by molar-refractivity contribution is 6.09. The second-order valence-corrected chi connectivity index (χ2v) is 12.3. The Hall–Kier alpha value is -5.34. The summed E-state index contributed by atoms with van der Waals surface area (Å²) in [6, 6.07) is 37.4. The van der Waals surface area contributed by atoms with Gasteiger partial charge in [-0.3, -0.25) is 0 Å². The van der Waals surface area contributed by atoms with Gasteiger partial charge in [0.1, 0.15) is 22.5 Å². The molecule has 3 aliphatic carbocycles. The van der Waals surface area contributed by atoms with E-state index < -0.39 is 0 Å². The zero-order valence-corrected chi connectivity index (χ0v) is 24.1. The average Bonchev–Trinajstić information content (AvgIpc) is 3.67. The number of para-hydroxylation sites is 3.